The topological polar surface area (TPSA) is 63.6 Å². The molecule has 1 N–H and O–H groups in total. The Morgan fingerprint density at radius 3 is 2.65 bits per heavy atom. The predicted octanol–water partition coefficient (Wildman–Crippen LogP) is 0.598. The van der Waals surface area contributed by atoms with Gasteiger partial charge in [0.2, 0.25) is 0 Å². The van der Waals surface area contributed by atoms with Crippen molar-refractivity contribution in [2.24, 2.45) is 0 Å². The van der Waals surface area contributed by atoms with Gasteiger partial charge < -0.3 is 24.1 Å². The molecule has 1 aromatic carbocycles. The van der Waals surface area contributed by atoms with E-state index >= 15 is 0 Å². The minimum Gasteiger partial charge on any atom is -0.493 e. The first-order chi connectivity index (χ1) is 12.7. The molecule has 0 unspecified atom stereocenters. The molecule has 0 aromatic heterocycles. The number of benzene rings is 1. The lowest BCUT2D eigenvalue weighted by Gasteiger charge is -2.33. The van der Waals surface area contributed by atoms with Crippen molar-refractivity contribution in [2.45, 2.75) is 18.7 Å². The monoisotopic (exact) mass is 366 g/mol. The van der Waals surface area contributed by atoms with Crippen molar-refractivity contribution in [2.75, 3.05) is 66.8 Å². The quantitative estimate of drug-likeness (QED) is 0.676. The Balaban J connectivity index is 1.60. The molecule has 2 saturated heterocycles. The summed E-state index contributed by atoms with van der Waals surface area (Å²) < 4.78 is 21.6. The van der Waals surface area contributed by atoms with Crippen molar-refractivity contribution in [1.82, 2.24) is 9.80 Å². The molecule has 26 heavy (non-hydrogen) atoms. The van der Waals surface area contributed by atoms with Gasteiger partial charge in [-0.05, 0) is 17.7 Å². The van der Waals surface area contributed by atoms with Crippen LogP contribution in [-0.4, -0.2) is 93.9 Å². The van der Waals surface area contributed by atoms with Gasteiger partial charge in [-0.2, -0.15) is 0 Å². The zero-order chi connectivity index (χ0) is 18.4. The minimum atomic E-state index is -0.316. The van der Waals surface area contributed by atoms with Crippen LogP contribution in [0.5, 0.6) is 11.5 Å². The number of nitrogens with zero attached hydrogens (tertiary/aromatic N) is 2. The first-order valence-corrected chi connectivity index (χ1v) is 9.22. The van der Waals surface area contributed by atoms with Crippen molar-refractivity contribution in [3.8, 4) is 11.5 Å². The average Bonchev–Trinajstić information content (AvgIpc) is 3.03. The third-order valence-corrected chi connectivity index (χ3v) is 5.03. The van der Waals surface area contributed by atoms with E-state index in [1.165, 1.54) is 0 Å². The van der Waals surface area contributed by atoms with Gasteiger partial charge in [0, 0.05) is 45.9 Å². The number of hydrogen-bond donors (Lipinski definition) is 1. The molecule has 0 aliphatic carbocycles. The van der Waals surface area contributed by atoms with Crippen LogP contribution < -0.4 is 9.47 Å². The van der Waals surface area contributed by atoms with Crippen LogP contribution in [0, 0.1) is 0 Å². The first kappa shape index (κ1) is 19.4. The number of methoxy groups -OCH3 is 2. The van der Waals surface area contributed by atoms with Crippen LogP contribution in [-0.2, 0) is 16.0 Å². The number of rotatable bonds is 8. The number of ether oxygens (including phenoxy) is 4. The molecule has 0 saturated carbocycles. The lowest BCUT2D eigenvalue weighted by atomic mass is 10.1. The lowest BCUT2D eigenvalue weighted by Crippen LogP contribution is -2.48. The number of hydrogen-bond acceptors (Lipinski definition) is 7. The summed E-state index contributed by atoms with van der Waals surface area (Å²) in [7, 11) is 3.29. The molecule has 2 fully saturated rings. The molecule has 1 aromatic rings. The maximum atomic E-state index is 10.5. The van der Waals surface area contributed by atoms with Crippen LogP contribution in [0.3, 0.4) is 0 Å². The highest BCUT2D eigenvalue weighted by atomic mass is 16.5. The summed E-state index contributed by atoms with van der Waals surface area (Å²) >= 11 is 0. The summed E-state index contributed by atoms with van der Waals surface area (Å²) in [5, 5.41) is 10.5. The zero-order valence-corrected chi connectivity index (χ0v) is 15.7. The molecule has 2 heterocycles. The van der Waals surface area contributed by atoms with E-state index in [9.17, 15) is 5.11 Å². The number of β-amino-alcohol motifs (C(OH)–C–C–N with tert-alkyl or cyclic N) is 1. The SMILES string of the molecule is COCCOc1cc(CN2C[C@@H](O)[C@H](N3CCOCC3)C2)ccc1OC. The average molecular weight is 366 g/mol. The summed E-state index contributed by atoms with van der Waals surface area (Å²) in [6.45, 7) is 6.66. The molecule has 0 radical (unpaired) electrons. The number of likely N-dealkylation sites (tertiary alicyclic amines) is 1. The summed E-state index contributed by atoms with van der Waals surface area (Å²) in [5.74, 6) is 1.45. The van der Waals surface area contributed by atoms with Gasteiger partial charge in [-0.3, -0.25) is 9.80 Å². The zero-order valence-electron chi connectivity index (χ0n) is 15.7. The van der Waals surface area contributed by atoms with Gasteiger partial charge in [-0.25, -0.2) is 0 Å². The van der Waals surface area contributed by atoms with E-state index in [1.54, 1.807) is 14.2 Å². The van der Waals surface area contributed by atoms with Crippen molar-refractivity contribution >= 4 is 0 Å². The van der Waals surface area contributed by atoms with Crippen LogP contribution in [0.1, 0.15) is 5.56 Å². The molecule has 146 valence electrons. The van der Waals surface area contributed by atoms with E-state index in [2.05, 4.69) is 15.9 Å². The highest BCUT2D eigenvalue weighted by Gasteiger charge is 2.35. The Kier molecular flexibility index (Phi) is 7.10. The van der Waals surface area contributed by atoms with Crippen LogP contribution in [0.2, 0.25) is 0 Å². The fourth-order valence-corrected chi connectivity index (χ4v) is 3.67. The summed E-state index contributed by atoms with van der Waals surface area (Å²) in [4.78, 5) is 4.65. The third-order valence-electron chi connectivity index (χ3n) is 5.03. The highest BCUT2D eigenvalue weighted by Crippen LogP contribution is 2.29. The maximum Gasteiger partial charge on any atom is 0.161 e. The van der Waals surface area contributed by atoms with Crippen LogP contribution in [0.4, 0.5) is 0 Å². The van der Waals surface area contributed by atoms with Crippen molar-refractivity contribution in [3.63, 3.8) is 0 Å². The summed E-state index contributed by atoms with van der Waals surface area (Å²) in [5.41, 5.74) is 1.15. The Labute approximate surface area is 155 Å². The molecule has 0 spiro atoms. The van der Waals surface area contributed by atoms with E-state index in [0.717, 1.165) is 56.5 Å². The second-order valence-electron chi connectivity index (χ2n) is 6.80. The van der Waals surface area contributed by atoms with E-state index < -0.39 is 0 Å². The standard InChI is InChI=1S/C19H30N2O5/c1-23-9-10-26-19-11-15(3-4-18(19)24-2)12-20-13-16(17(22)14-20)21-5-7-25-8-6-21/h3-4,11,16-17,22H,5-10,12-14H2,1-2H3/t16-,17-/m1/s1. The van der Waals surface area contributed by atoms with Gasteiger partial charge in [0.1, 0.15) is 6.61 Å². The molecular formula is C19H30N2O5. The van der Waals surface area contributed by atoms with E-state index in [-0.39, 0.29) is 12.1 Å². The van der Waals surface area contributed by atoms with Gasteiger partial charge in [0.25, 0.3) is 0 Å². The Morgan fingerprint density at radius 1 is 1.12 bits per heavy atom. The number of aliphatic hydroxyl groups is 1. The van der Waals surface area contributed by atoms with E-state index in [4.69, 9.17) is 18.9 Å². The fourth-order valence-electron chi connectivity index (χ4n) is 3.67. The van der Waals surface area contributed by atoms with E-state index in [0.29, 0.717) is 19.8 Å². The first-order valence-electron chi connectivity index (χ1n) is 9.22. The van der Waals surface area contributed by atoms with Crippen LogP contribution in [0.25, 0.3) is 0 Å². The Morgan fingerprint density at radius 2 is 1.92 bits per heavy atom. The molecule has 3 rings (SSSR count). The van der Waals surface area contributed by atoms with Gasteiger partial charge >= 0.3 is 0 Å². The fraction of sp³-hybridized carbons (Fsp3) is 0.684. The molecule has 2 aliphatic heterocycles. The molecule has 7 heteroatoms. The summed E-state index contributed by atoms with van der Waals surface area (Å²) in [6.07, 6.45) is -0.316. The lowest BCUT2D eigenvalue weighted by molar-refractivity contribution is -0.00618. The molecule has 7 nitrogen and oxygen atoms in total. The van der Waals surface area contributed by atoms with Gasteiger partial charge in [-0.1, -0.05) is 6.07 Å². The van der Waals surface area contributed by atoms with Crippen molar-refractivity contribution < 1.29 is 24.1 Å². The molecule has 0 amide bonds. The second kappa shape index (κ2) is 9.53. The largest absolute Gasteiger partial charge is 0.493 e. The smallest absolute Gasteiger partial charge is 0.161 e. The van der Waals surface area contributed by atoms with Crippen molar-refractivity contribution in [3.05, 3.63) is 23.8 Å². The molecule has 2 aliphatic rings. The third kappa shape index (κ3) is 4.86. The predicted molar refractivity (Wildman–Crippen MR) is 97.8 cm³/mol. The molecule has 2 atom stereocenters. The van der Waals surface area contributed by atoms with E-state index in [1.807, 2.05) is 12.1 Å². The second-order valence-corrected chi connectivity index (χ2v) is 6.80. The van der Waals surface area contributed by atoms with Gasteiger partial charge in [0.05, 0.1) is 33.0 Å². The molecule has 0 bridgehead atoms. The van der Waals surface area contributed by atoms with Crippen molar-refractivity contribution in [1.29, 1.82) is 0 Å². The summed E-state index contributed by atoms with van der Waals surface area (Å²) in [6, 6.07) is 6.19. The number of aliphatic hydroxyl groups excluding tert-OH is 1. The maximum absolute atomic E-state index is 10.5. The normalized spacial score (nSPS) is 24.7. The highest BCUT2D eigenvalue weighted by molar-refractivity contribution is 5.43. The van der Waals surface area contributed by atoms with Crippen LogP contribution in [0.15, 0.2) is 18.2 Å². The Bertz CT molecular complexity index is 565. The van der Waals surface area contributed by atoms with Gasteiger partial charge in [-0.15, -0.1) is 0 Å². The minimum absolute atomic E-state index is 0.189. The van der Waals surface area contributed by atoms with Gasteiger partial charge in [0.15, 0.2) is 11.5 Å². The Hall–Kier alpha value is -1.38. The number of morpholine rings is 1. The molecular weight excluding hydrogens is 336 g/mol. The van der Waals surface area contributed by atoms with Crippen LogP contribution >= 0.6 is 0 Å².